The van der Waals surface area contributed by atoms with Gasteiger partial charge in [-0.2, -0.15) is 0 Å². The summed E-state index contributed by atoms with van der Waals surface area (Å²) in [6.45, 7) is 3.36. The van der Waals surface area contributed by atoms with Crippen molar-refractivity contribution >= 4 is 24.8 Å². The van der Waals surface area contributed by atoms with Gasteiger partial charge >= 0.3 is 13.1 Å². The third-order valence-corrected chi connectivity index (χ3v) is 3.67. The van der Waals surface area contributed by atoms with Crippen LogP contribution in [0.15, 0.2) is 18.2 Å². The lowest BCUT2D eigenvalue weighted by Crippen LogP contribution is -2.53. The minimum absolute atomic E-state index is 0.0638. The largest absolute Gasteiger partial charge is 0.547 e. The zero-order valence-corrected chi connectivity index (χ0v) is 13.7. The number of hydrogen-bond donors (Lipinski definition) is 2. The molecule has 1 heterocycles. The Morgan fingerprint density at radius 3 is 2.79 bits per heavy atom. The van der Waals surface area contributed by atoms with Crippen LogP contribution < -0.4 is 9.97 Å². The van der Waals surface area contributed by atoms with Crippen molar-refractivity contribution in [3.05, 3.63) is 29.3 Å². The molecule has 1 atom stereocenters. The second kappa shape index (κ2) is 7.96. The number of hydrogen-bond acceptors (Lipinski definition) is 6. The number of amides is 1. The standard InChI is InChI=1S/C16H20BNO6/c1-3-23-16(21)12-6-4-5-11-9-13(17(22)24-15(11)12)18-14(20)8-7-10(2)19/h4-6,13,22H,3,7-9H2,1-2H3,(H,18,20)/t13-/m0/s1. The first kappa shape index (κ1) is 18.0. The Morgan fingerprint density at radius 2 is 2.12 bits per heavy atom. The summed E-state index contributed by atoms with van der Waals surface area (Å²) in [5, 5.41) is 12.8. The number of nitrogens with one attached hydrogen (secondary N) is 1. The molecule has 0 unspecified atom stereocenters. The predicted molar refractivity (Wildman–Crippen MR) is 86.5 cm³/mol. The molecule has 1 aromatic rings. The summed E-state index contributed by atoms with van der Waals surface area (Å²) in [5.41, 5.74) is 0.942. The number of fused-ring (bicyclic) bond motifs is 1. The summed E-state index contributed by atoms with van der Waals surface area (Å²) in [5.74, 6) is -1.30. The van der Waals surface area contributed by atoms with E-state index in [9.17, 15) is 19.4 Å². The molecule has 1 aliphatic heterocycles. The number of ether oxygens (including phenoxy) is 1. The van der Waals surface area contributed by atoms with E-state index in [0.717, 1.165) is 0 Å². The van der Waals surface area contributed by atoms with Gasteiger partial charge in [0.15, 0.2) is 0 Å². The molecule has 0 fully saturated rings. The number of rotatable bonds is 6. The van der Waals surface area contributed by atoms with Gasteiger partial charge in [-0.1, -0.05) is 12.1 Å². The predicted octanol–water partition coefficient (Wildman–Crippen LogP) is 0.672. The Morgan fingerprint density at radius 1 is 1.38 bits per heavy atom. The number of esters is 1. The molecule has 1 amide bonds. The minimum atomic E-state index is -1.28. The molecular weight excluding hydrogens is 313 g/mol. The highest BCUT2D eigenvalue weighted by Crippen LogP contribution is 2.30. The van der Waals surface area contributed by atoms with Gasteiger partial charge < -0.3 is 24.5 Å². The van der Waals surface area contributed by atoms with E-state index in [1.54, 1.807) is 25.1 Å². The van der Waals surface area contributed by atoms with Gasteiger partial charge in [0.25, 0.3) is 0 Å². The average molecular weight is 333 g/mol. The lowest BCUT2D eigenvalue weighted by molar-refractivity contribution is -0.124. The van der Waals surface area contributed by atoms with E-state index in [0.29, 0.717) is 12.0 Å². The molecule has 0 bridgehead atoms. The first-order valence-corrected chi connectivity index (χ1v) is 7.85. The van der Waals surface area contributed by atoms with Crippen molar-refractivity contribution in [3.8, 4) is 5.75 Å². The van der Waals surface area contributed by atoms with Gasteiger partial charge in [0.1, 0.15) is 17.1 Å². The molecule has 2 N–H and O–H groups in total. The SMILES string of the molecule is CCOC(=O)c1cccc2c1OB(O)[C@@H](NC(=O)CCC(C)=O)C2. The van der Waals surface area contributed by atoms with Crippen molar-refractivity contribution < 1.29 is 28.8 Å². The van der Waals surface area contributed by atoms with Gasteiger partial charge in [-0.05, 0) is 31.9 Å². The molecule has 0 saturated heterocycles. The number of para-hydroxylation sites is 1. The summed E-state index contributed by atoms with van der Waals surface area (Å²) in [7, 11) is -1.28. The molecule has 0 radical (unpaired) electrons. The van der Waals surface area contributed by atoms with Gasteiger partial charge in [0, 0.05) is 12.8 Å². The van der Waals surface area contributed by atoms with Crippen LogP contribution in [0.5, 0.6) is 5.75 Å². The fourth-order valence-corrected chi connectivity index (χ4v) is 2.49. The van der Waals surface area contributed by atoms with Gasteiger partial charge in [-0.15, -0.1) is 0 Å². The van der Waals surface area contributed by atoms with Crippen LogP contribution in [-0.4, -0.2) is 42.4 Å². The van der Waals surface area contributed by atoms with Crippen molar-refractivity contribution in [2.45, 2.75) is 39.1 Å². The van der Waals surface area contributed by atoms with Gasteiger partial charge in [0.05, 0.1) is 12.5 Å². The van der Waals surface area contributed by atoms with E-state index in [1.165, 1.54) is 6.92 Å². The highest BCUT2D eigenvalue weighted by atomic mass is 16.5. The Kier molecular flexibility index (Phi) is 5.97. The maximum atomic E-state index is 11.9. The molecule has 0 aliphatic carbocycles. The summed E-state index contributed by atoms with van der Waals surface area (Å²) in [4.78, 5) is 34.7. The summed E-state index contributed by atoms with van der Waals surface area (Å²) in [6, 6.07) is 5.02. The van der Waals surface area contributed by atoms with Crippen LogP contribution in [0.4, 0.5) is 0 Å². The maximum Gasteiger partial charge on any atom is 0.547 e. The number of ketones is 1. The Balaban J connectivity index is 2.10. The third kappa shape index (κ3) is 4.35. The second-order valence-electron chi connectivity index (χ2n) is 5.60. The molecule has 0 saturated carbocycles. The zero-order valence-electron chi connectivity index (χ0n) is 13.7. The summed E-state index contributed by atoms with van der Waals surface area (Å²) < 4.78 is 10.4. The fraction of sp³-hybridized carbons (Fsp3) is 0.438. The molecule has 24 heavy (non-hydrogen) atoms. The Labute approximate surface area is 140 Å². The lowest BCUT2D eigenvalue weighted by atomic mass is 9.72. The molecule has 128 valence electrons. The highest BCUT2D eigenvalue weighted by molar-refractivity contribution is 6.47. The van der Waals surface area contributed by atoms with Crippen LogP contribution in [0.3, 0.4) is 0 Å². The molecule has 0 spiro atoms. The van der Waals surface area contributed by atoms with Crippen LogP contribution in [-0.2, 0) is 20.7 Å². The summed E-state index contributed by atoms with van der Waals surface area (Å²) in [6.07, 6.45) is 0.531. The molecular formula is C16H20BNO6. The smallest absolute Gasteiger partial charge is 0.534 e. The van der Waals surface area contributed by atoms with E-state index in [-0.39, 0.29) is 42.5 Å². The van der Waals surface area contributed by atoms with E-state index in [4.69, 9.17) is 9.39 Å². The fourth-order valence-electron chi connectivity index (χ4n) is 2.49. The summed E-state index contributed by atoms with van der Waals surface area (Å²) >= 11 is 0. The van der Waals surface area contributed by atoms with Crippen molar-refractivity contribution in [3.63, 3.8) is 0 Å². The Bertz CT molecular complexity index is 647. The first-order valence-electron chi connectivity index (χ1n) is 7.85. The van der Waals surface area contributed by atoms with Crippen molar-refractivity contribution in [2.75, 3.05) is 6.61 Å². The number of carbonyl (C=O) groups is 3. The Hall–Kier alpha value is -2.35. The first-order chi connectivity index (χ1) is 11.4. The second-order valence-corrected chi connectivity index (χ2v) is 5.60. The van der Waals surface area contributed by atoms with Gasteiger partial charge in [-0.3, -0.25) is 4.79 Å². The normalized spacial score (nSPS) is 16.0. The highest BCUT2D eigenvalue weighted by Gasteiger charge is 2.37. The van der Waals surface area contributed by atoms with E-state index < -0.39 is 19.0 Å². The topological polar surface area (TPSA) is 102 Å². The lowest BCUT2D eigenvalue weighted by Gasteiger charge is -2.29. The van der Waals surface area contributed by atoms with Crippen LogP contribution in [0.25, 0.3) is 0 Å². The van der Waals surface area contributed by atoms with Crippen LogP contribution >= 0.6 is 0 Å². The molecule has 1 aromatic carbocycles. The average Bonchev–Trinajstić information content (AvgIpc) is 2.53. The zero-order chi connectivity index (χ0) is 17.7. The molecule has 0 aromatic heterocycles. The van der Waals surface area contributed by atoms with Gasteiger partial charge in [0.2, 0.25) is 5.91 Å². The van der Waals surface area contributed by atoms with Crippen LogP contribution in [0.2, 0.25) is 0 Å². The van der Waals surface area contributed by atoms with E-state index in [2.05, 4.69) is 5.32 Å². The van der Waals surface area contributed by atoms with Crippen molar-refractivity contribution in [1.82, 2.24) is 5.32 Å². The molecule has 7 nitrogen and oxygen atoms in total. The van der Waals surface area contributed by atoms with Crippen molar-refractivity contribution in [2.24, 2.45) is 0 Å². The van der Waals surface area contributed by atoms with E-state index in [1.807, 2.05) is 0 Å². The van der Waals surface area contributed by atoms with Crippen LogP contribution in [0.1, 0.15) is 42.6 Å². The minimum Gasteiger partial charge on any atom is -0.534 e. The number of Topliss-reactive ketones (excluding diaryl/α,β-unsaturated/α-hetero) is 1. The van der Waals surface area contributed by atoms with Crippen LogP contribution in [0, 0.1) is 0 Å². The number of carbonyl (C=O) groups excluding carboxylic acids is 3. The molecule has 8 heteroatoms. The monoisotopic (exact) mass is 333 g/mol. The number of benzene rings is 1. The molecule has 2 rings (SSSR count). The van der Waals surface area contributed by atoms with Gasteiger partial charge in [-0.25, -0.2) is 4.79 Å². The van der Waals surface area contributed by atoms with E-state index >= 15 is 0 Å². The maximum absolute atomic E-state index is 11.9. The quantitative estimate of drug-likeness (QED) is 0.586. The third-order valence-electron chi connectivity index (χ3n) is 3.67. The molecule has 1 aliphatic rings. The van der Waals surface area contributed by atoms with Crippen molar-refractivity contribution in [1.29, 1.82) is 0 Å².